The van der Waals surface area contributed by atoms with Crippen LogP contribution in [0.4, 0.5) is 0 Å². The third-order valence-corrected chi connectivity index (χ3v) is 2.16. The number of nitriles is 1. The average molecular weight is 221 g/mol. The maximum absolute atomic E-state index is 11.5. The SMILES string of the molecule is CCCC(C#N)C(=O)NCc1cc(C)no1. The van der Waals surface area contributed by atoms with Gasteiger partial charge in [-0.15, -0.1) is 0 Å². The van der Waals surface area contributed by atoms with Gasteiger partial charge < -0.3 is 9.84 Å². The third-order valence-electron chi connectivity index (χ3n) is 2.16. The molecule has 1 rings (SSSR count). The molecule has 0 aliphatic carbocycles. The van der Waals surface area contributed by atoms with Gasteiger partial charge in [0.15, 0.2) is 5.76 Å². The van der Waals surface area contributed by atoms with Crippen LogP contribution in [0.2, 0.25) is 0 Å². The lowest BCUT2D eigenvalue weighted by molar-refractivity contribution is -0.123. The third kappa shape index (κ3) is 3.39. The number of carbonyl (C=O) groups is 1. The van der Waals surface area contributed by atoms with Crippen LogP contribution < -0.4 is 5.32 Å². The molecule has 1 aromatic heterocycles. The zero-order valence-corrected chi connectivity index (χ0v) is 9.49. The summed E-state index contributed by atoms with van der Waals surface area (Å²) in [5, 5.41) is 15.1. The second-order valence-electron chi connectivity index (χ2n) is 3.62. The van der Waals surface area contributed by atoms with E-state index in [0.717, 1.165) is 12.1 Å². The van der Waals surface area contributed by atoms with E-state index in [-0.39, 0.29) is 12.5 Å². The summed E-state index contributed by atoms with van der Waals surface area (Å²) in [6, 6.07) is 3.74. The number of hydrogen-bond donors (Lipinski definition) is 1. The standard InChI is InChI=1S/C11H15N3O2/c1-3-4-9(6-12)11(15)13-7-10-5-8(2)14-16-10/h5,9H,3-4,7H2,1-2H3,(H,13,15). The molecule has 1 N–H and O–H groups in total. The Bertz CT molecular complexity index is 392. The number of rotatable bonds is 5. The molecule has 16 heavy (non-hydrogen) atoms. The molecule has 1 aromatic rings. The van der Waals surface area contributed by atoms with Crippen molar-refractivity contribution in [3.63, 3.8) is 0 Å². The first-order chi connectivity index (χ1) is 7.67. The maximum atomic E-state index is 11.5. The number of amides is 1. The summed E-state index contributed by atoms with van der Waals surface area (Å²) in [5.74, 6) is -0.230. The van der Waals surface area contributed by atoms with E-state index >= 15 is 0 Å². The minimum atomic E-state index is -0.575. The molecule has 0 aromatic carbocycles. The zero-order chi connectivity index (χ0) is 12.0. The maximum Gasteiger partial charge on any atom is 0.237 e. The van der Waals surface area contributed by atoms with Crippen molar-refractivity contribution in [1.29, 1.82) is 5.26 Å². The number of nitrogens with one attached hydrogen (secondary N) is 1. The van der Waals surface area contributed by atoms with Gasteiger partial charge in [-0.05, 0) is 13.3 Å². The Hall–Kier alpha value is -1.83. The Morgan fingerprint density at radius 1 is 1.75 bits per heavy atom. The van der Waals surface area contributed by atoms with Gasteiger partial charge >= 0.3 is 0 Å². The average Bonchev–Trinajstić information content (AvgIpc) is 2.68. The summed E-state index contributed by atoms with van der Waals surface area (Å²) in [6.45, 7) is 4.03. The van der Waals surface area contributed by atoms with Crippen LogP contribution in [-0.2, 0) is 11.3 Å². The summed E-state index contributed by atoms with van der Waals surface area (Å²) in [6.07, 6.45) is 1.39. The van der Waals surface area contributed by atoms with E-state index < -0.39 is 5.92 Å². The molecular weight excluding hydrogens is 206 g/mol. The molecule has 86 valence electrons. The number of aromatic nitrogens is 1. The molecule has 0 aliphatic heterocycles. The molecule has 0 aliphatic rings. The summed E-state index contributed by atoms with van der Waals surface area (Å²) < 4.78 is 4.94. The smallest absolute Gasteiger partial charge is 0.237 e. The number of aryl methyl sites for hydroxylation is 1. The number of hydrogen-bond acceptors (Lipinski definition) is 4. The first-order valence-electron chi connectivity index (χ1n) is 5.27. The Labute approximate surface area is 94.4 Å². The van der Waals surface area contributed by atoms with Crippen molar-refractivity contribution >= 4 is 5.91 Å². The Balaban J connectivity index is 2.43. The van der Waals surface area contributed by atoms with Gasteiger partial charge in [-0.2, -0.15) is 5.26 Å². The quantitative estimate of drug-likeness (QED) is 0.817. The van der Waals surface area contributed by atoms with Gasteiger partial charge in [0, 0.05) is 6.07 Å². The van der Waals surface area contributed by atoms with Crippen LogP contribution >= 0.6 is 0 Å². The lowest BCUT2D eigenvalue weighted by Gasteiger charge is -2.07. The fourth-order valence-electron chi connectivity index (χ4n) is 1.34. The fraction of sp³-hybridized carbons (Fsp3) is 0.545. The summed E-state index contributed by atoms with van der Waals surface area (Å²) in [5.41, 5.74) is 0.773. The minimum absolute atomic E-state index is 0.251. The number of nitrogens with zero attached hydrogens (tertiary/aromatic N) is 2. The molecule has 1 amide bonds. The Kier molecular flexibility index (Phi) is 4.52. The van der Waals surface area contributed by atoms with Crippen LogP contribution in [0.3, 0.4) is 0 Å². The van der Waals surface area contributed by atoms with Crippen molar-refractivity contribution in [3.8, 4) is 6.07 Å². The molecule has 1 atom stereocenters. The van der Waals surface area contributed by atoms with Crippen LogP contribution in [0, 0.1) is 24.2 Å². The molecule has 1 heterocycles. The van der Waals surface area contributed by atoms with E-state index in [0.29, 0.717) is 12.2 Å². The minimum Gasteiger partial charge on any atom is -0.359 e. The van der Waals surface area contributed by atoms with E-state index in [9.17, 15) is 4.79 Å². The zero-order valence-electron chi connectivity index (χ0n) is 9.49. The molecule has 0 fully saturated rings. The summed E-state index contributed by atoms with van der Waals surface area (Å²) in [4.78, 5) is 11.5. The van der Waals surface area contributed by atoms with E-state index in [1.807, 2.05) is 19.9 Å². The van der Waals surface area contributed by atoms with Crippen molar-refractivity contribution < 1.29 is 9.32 Å². The monoisotopic (exact) mass is 221 g/mol. The molecule has 0 saturated carbocycles. The fourth-order valence-corrected chi connectivity index (χ4v) is 1.34. The van der Waals surface area contributed by atoms with Crippen molar-refractivity contribution in [2.24, 2.45) is 5.92 Å². The summed E-state index contributed by atoms with van der Waals surface area (Å²) in [7, 11) is 0. The van der Waals surface area contributed by atoms with Crippen molar-refractivity contribution in [2.75, 3.05) is 0 Å². The molecule has 0 radical (unpaired) electrons. The van der Waals surface area contributed by atoms with Gasteiger partial charge in [0.1, 0.15) is 5.92 Å². The highest BCUT2D eigenvalue weighted by molar-refractivity contribution is 5.80. The predicted octanol–water partition coefficient (Wildman–Crippen LogP) is 1.54. The first-order valence-corrected chi connectivity index (χ1v) is 5.27. The van der Waals surface area contributed by atoms with Crippen LogP contribution in [-0.4, -0.2) is 11.1 Å². The van der Waals surface area contributed by atoms with E-state index in [4.69, 9.17) is 9.78 Å². The highest BCUT2D eigenvalue weighted by Crippen LogP contribution is 2.06. The lowest BCUT2D eigenvalue weighted by Crippen LogP contribution is -2.29. The molecule has 0 saturated heterocycles. The normalized spacial score (nSPS) is 11.8. The molecule has 0 spiro atoms. The summed E-state index contributed by atoms with van der Waals surface area (Å²) >= 11 is 0. The van der Waals surface area contributed by atoms with Crippen molar-refractivity contribution in [1.82, 2.24) is 10.5 Å². The molecule has 5 nitrogen and oxygen atoms in total. The first kappa shape index (κ1) is 12.2. The Morgan fingerprint density at radius 2 is 2.50 bits per heavy atom. The van der Waals surface area contributed by atoms with Gasteiger partial charge in [-0.25, -0.2) is 0 Å². The highest BCUT2D eigenvalue weighted by Gasteiger charge is 2.16. The van der Waals surface area contributed by atoms with Gasteiger partial charge in [-0.1, -0.05) is 18.5 Å². The molecular formula is C11H15N3O2. The van der Waals surface area contributed by atoms with Gasteiger partial charge in [0.05, 0.1) is 18.3 Å². The molecule has 1 unspecified atom stereocenters. The van der Waals surface area contributed by atoms with Crippen LogP contribution in [0.5, 0.6) is 0 Å². The highest BCUT2D eigenvalue weighted by atomic mass is 16.5. The molecule has 0 bridgehead atoms. The van der Waals surface area contributed by atoms with Crippen LogP contribution in [0.1, 0.15) is 31.2 Å². The van der Waals surface area contributed by atoms with Gasteiger partial charge in [0.2, 0.25) is 5.91 Å². The topological polar surface area (TPSA) is 78.9 Å². The van der Waals surface area contributed by atoms with E-state index in [2.05, 4.69) is 10.5 Å². The van der Waals surface area contributed by atoms with Gasteiger partial charge in [0.25, 0.3) is 0 Å². The lowest BCUT2D eigenvalue weighted by atomic mass is 10.1. The Morgan fingerprint density at radius 3 is 3.00 bits per heavy atom. The second-order valence-corrected chi connectivity index (χ2v) is 3.62. The largest absolute Gasteiger partial charge is 0.359 e. The van der Waals surface area contributed by atoms with Crippen molar-refractivity contribution in [3.05, 3.63) is 17.5 Å². The van der Waals surface area contributed by atoms with Crippen molar-refractivity contribution in [2.45, 2.75) is 33.2 Å². The van der Waals surface area contributed by atoms with Crippen LogP contribution in [0.15, 0.2) is 10.6 Å². The van der Waals surface area contributed by atoms with E-state index in [1.54, 1.807) is 6.07 Å². The predicted molar refractivity (Wildman–Crippen MR) is 57.1 cm³/mol. The second kappa shape index (κ2) is 5.91. The molecule has 5 heteroatoms. The van der Waals surface area contributed by atoms with E-state index in [1.165, 1.54) is 0 Å². The van der Waals surface area contributed by atoms with Gasteiger partial charge in [-0.3, -0.25) is 4.79 Å². The number of carbonyl (C=O) groups excluding carboxylic acids is 1. The van der Waals surface area contributed by atoms with Crippen LogP contribution in [0.25, 0.3) is 0 Å².